The highest BCUT2D eigenvalue weighted by Gasteiger charge is 2.49. The molecule has 45 heavy (non-hydrogen) atoms. The lowest BCUT2D eigenvalue weighted by atomic mass is 9.69. The summed E-state index contributed by atoms with van der Waals surface area (Å²) in [6.07, 6.45) is 5.72. The monoisotopic (exact) mass is 619 g/mol. The lowest BCUT2D eigenvalue weighted by Gasteiger charge is -2.52. The van der Waals surface area contributed by atoms with Gasteiger partial charge in [-0.2, -0.15) is 23.5 Å². The summed E-state index contributed by atoms with van der Waals surface area (Å²) in [5.74, 6) is 0.0461. The van der Waals surface area contributed by atoms with E-state index >= 15 is 0 Å². The quantitative estimate of drug-likeness (QED) is 0.280. The molecular formula is C32H36F3N9O. The molecule has 0 spiro atoms. The number of H-pyrrole nitrogens is 1. The third-order valence-electron chi connectivity index (χ3n) is 9.48. The van der Waals surface area contributed by atoms with Gasteiger partial charge < -0.3 is 9.72 Å². The Morgan fingerprint density at radius 2 is 1.91 bits per heavy atom. The molecule has 4 aromatic rings. The van der Waals surface area contributed by atoms with Crippen LogP contribution in [0.1, 0.15) is 57.2 Å². The van der Waals surface area contributed by atoms with Gasteiger partial charge >= 0.3 is 6.18 Å². The van der Waals surface area contributed by atoms with Gasteiger partial charge in [-0.3, -0.25) is 14.5 Å². The number of hydrogen-bond acceptors (Lipinski definition) is 8. The zero-order valence-corrected chi connectivity index (χ0v) is 25.4. The Kier molecular flexibility index (Phi) is 7.32. The summed E-state index contributed by atoms with van der Waals surface area (Å²) in [5, 5.41) is 15.3. The number of pyridine rings is 1. The second kappa shape index (κ2) is 11.1. The summed E-state index contributed by atoms with van der Waals surface area (Å²) >= 11 is 0. The molecule has 4 aromatic heterocycles. The molecular weight excluding hydrogens is 583 g/mol. The molecule has 1 saturated carbocycles. The molecule has 3 aliphatic rings. The highest BCUT2D eigenvalue weighted by atomic mass is 19.4. The van der Waals surface area contributed by atoms with Crippen molar-refractivity contribution in [1.29, 1.82) is 5.26 Å². The molecule has 0 aromatic carbocycles. The van der Waals surface area contributed by atoms with E-state index in [2.05, 4.69) is 54.8 Å². The minimum atomic E-state index is -4.54. The van der Waals surface area contributed by atoms with E-state index in [0.29, 0.717) is 37.4 Å². The first kappa shape index (κ1) is 29.7. The summed E-state index contributed by atoms with van der Waals surface area (Å²) in [7, 11) is 0. The molecule has 13 heteroatoms. The van der Waals surface area contributed by atoms with Crippen LogP contribution < -0.4 is 4.74 Å². The Bertz CT molecular complexity index is 1720. The molecule has 0 bridgehead atoms. The average molecular weight is 620 g/mol. The van der Waals surface area contributed by atoms with E-state index in [4.69, 9.17) is 4.74 Å². The van der Waals surface area contributed by atoms with E-state index in [1.54, 1.807) is 12.3 Å². The van der Waals surface area contributed by atoms with Crippen molar-refractivity contribution in [3.8, 4) is 23.2 Å². The average Bonchev–Trinajstić information content (AvgIpc) is 3.64. The molecule has 1 aliphatic carbocycles. The maximum atomic E-state index is 13.7. The van der Waals surface area contributed by atoms with Gasteiger partial charge in [0.1, 0.15) is 23.8 Å². The number of ether oxygens (including phenoxy) is 1. The number of fused-ring (bicyclic) bond motifs is 1. The Hall–Kier alpha value is -4.02. The summed E-state index contributed by atoms with van der Waals surface area (Å²) in [4.78, 5) is 20.2. The van der Waals surface area contributed by atoms with Crippen LogP contribution in [-0.2, 0) is 18.3 Å². The van der Waals surface area contributed by atoms with Crippen LogP contribution >= 0.6 is 0 Å². The van der Waals surface area contributed by atoms with Crippen molar-refractivity contribution in [3.05, 3.63) is 54.4 Å². The van der Waals surface area contributed by atoms with E-state index < -0.39 is 11.9 Å². The molecule has 10 nitrogen and oxygen atoms in total. The van der Waals surface area contributed by atoms with Gasteiger partial charge in [0.2, 0.25) is 5.88 Å². The Morgan fingerprint density at radius 3 is 2.62 bits per heavy atom. The summed E-state index contributed by atoms with van der Waals surface area (Å²) in [5.41, 5.74) is 1.90. The van der Waals surface area contributed by atoms with Crippen molar-refractivity contribution < 1.29 is 17.9 Å². The predicted molar refractivity (Wildman–Crippen MR) is 160 cm³/mol. The number of nitrogens with one attached hydrogen (secondary N) is 1. The van der Waals surface area contributed by atoms with Crippen LogP contribution in [0, 0.1) is 16.7 Å². The van der Waals surface area contributed by atoms with Gasteiger partial charge in [-0.1, -0.05) is 13.8 Å². The summed E-state index contributed by atoms with van der Waals surface area (Å²) < 4.78 is 49.0. The highest BCUT2D eigenvalue weighted by Crippen LogP contribution is 2.46. The standard InChI is InChI=1S/C32H36F3N9O/c1-30(2)18-42(19-30)16-21-11-26(32(33,34)35)41-27(12-21)45-24-4-9-43(10-5-24)23-13-31(14-23,6-7-36)44-17-22(15-40-44)28-25-3-8-37-29(25)39-20-38-28/h3,8,11-12,15,17,20,23-24H,4-6,9-10,13-14,16,18-19H2,1-2H3,(H,37,38,39). The molecule has 3 fully saturated rings. The van der Waals surface area contributed by atoms with E-state index in [1.165, 1.54) is 6.33 Å². The number of nitrogens with zero attached hydrogens (tertiary/aromatic N) is 8. The fraction of sp³-hybridized carbons (Fsp3) is 0.531. The maximum Gasteiger partial charge on any atom is 0.433 e. The van der Waals surface area contributed by atoms with Crippen LogP contribution in [0.5, 0.6) is 5.88 Å². The van der Waals surface area contributed by atoms with Crippen molar-refractivity contribution in [2.75, 3.05) is 26.2 Å². The van der Waals surface area contributed by atoms with Crippen molar-refractivity contribution in [2.24, 2.45) is 5.41 Å². The predicted octanol–water partition coefficient (Wildman–Crippen LogP) is 5.39. The Labute approximate surface area is 259 Å². The van der Waals surface area contributed by atoms with E-state index in [-0.39, 0.29) is 22.9 Å². The number of likely N-dealkylation sites (tertiary alicyclic amines) is 2. The second-order valence-electron chi connectivity index (χ2n) is 13.6. The molecule has 1 N–H and O–H groups in total. The minimum Gasteiger partial charge on any atom is -0.474 e. The number of aromatic nitrogens is 6. The van der Waals surface area contributed by atoms with Crippen LogP contribution in [-0.4, -0.2) is 77.8 Å². The molecule has 6 heterocycles. The lowest BCUT2D eigenvalue weighted by molar-refractivity contribution is -0.141. The molecule has 7 rings (SSSR count). The van der Waals surface area contributed by atoms with Gasteiger partial charge in [0, 0.05) is 68.2 Å². The molecule has 2 aliphatic heterocycles. The van der Waals surface area contributed by atoms with Crippen LogP contribution in [0.3, 0.4) is 0 Å². The fourth-order valence-corrected chi connectivity index (χ4v) is 7.36. The number of aromatic amines is 1. The number of rotatable bonds is 8. The third-order valence-corrected chi connectivity index (χ3v) is 9.48. The number of alkyl halides is 3. The summed E-state index contributed by atoms with van der Waals surface area (Å²) in [6, 6.07) is 7.40. The minimum absolute atomic E-state index is 0.0461. The smallest absolute Gasteiger partial charge is 0.433 e. The lowest BCUT2D eigenvalue weighted by Crippen LogP contribution is -2.58. The van der Waals surface area contributed by atoms with Gasteiger partial charge in [0.25, 0.3) is 0 Å². The molecule has 0 amide bonds. The van der Waals surface area contributed by atoms with E-state index in [1.807, 2.05) is 23.1 Å². The number of hydrogen-bond donors (Lipinski definition) is 1. The largest absolute Gasteiger partial charge is 0.474 e. The highest BCUT2D eigenvalue weighted by molar-refractivity contribution is 5.90. The zero-order valence-electron chi connectivity index (χ0n) is 25.4. The number of piperidine rings is 1. The zero-order chi connectivity index (χ0) is 31.4. The van der Waals surface area contributed by atoms with Gasteiger partial charge in [-0.15, -0.1) is 0 Å². The van der Waals surface area contributed by atoms with Gasteiger partial charge in [0.15, 0.2) is 0 Å². The van der Waals surface area contributed by atoms with Crippen LogP contribution in [0.2, 0.25) is 0 Å². The summed E-state index contributed by atoms with van der Waals surface area (Å²) in [6.45, 7) is 7.99. The Balaban J connectivity index is 0.978. The number of halogens is 3. The normalized spacial score (nSPS) is 24.2. The van der Waals surface area contributed by atoms with E-state index in [9.17, 15) is 18.4 Å². The van der Waals surface area contributed by atoms with Gasteiger partial charge in [-0.25, -0.2) is 15.0 Å². The third kappa shape index (κ3) is 5.89. The van der Waals surface area contributed by atoms with Gasteiger partial charge in [0.05, 0.1) is 29.9 Å². The van der Waals surface area contributed by atoms with E-state index in [0.717, 1.165) is 67.4 Å². The van der Waals surface area contributed by atoms with Crippen molar-refractivity contribution in [2.45, 2.75) is 76.4 Å². The van der Waals surface area contributed by atoms with Crippen molar-refractivity contribution in [1.82, 2.24) is 39.5 Å². The first-order chi connectivity index (χ1) is 21.5. The topological polar surface area (TPSA) is 112 Å². The SMILES string of the molecule is CC1(C)CN(Cc2cc(OC3CCN(C4CC(CC#N)(n5cc(-c6ncnc7[nH]ccc67)cn5)C4)CC3)nc(C(F)(F)F)c2)C1. The molecule has 2 saturated heterocycles. The number of nitriles is 1. The molecule has 0 radical (unpaired) electrons. The fourth-order valence-electron chi connectivity index (χ4n) is 7.36. The maximum absolute atomic E-state index is 13.7. The first-order valence-corrected chi connectivity index (χ1v) is 15.4. The Morgan fingerprint density at radius 1 is 1.13 bits per heavy atom. The van der Waals surface area contributed by atoms with Crippen molar-refractivity contribution >= 4 is 11.0 Å². The molecule has 0 unspecified atom stereocenters. The van der Waals surface area contributed by atoms with Crippen LogP contribution in [0.25, 0.3) is 22.3 Å². The second-order valence-corrected chi connectivity index (χ2v) is 13.6. The van der Waals surface area contributed by atoms with Gasteiger partial charge in [-0.05, 0) is 48.8 Å². The van der Waals surface area contributed by atoms with Crippen LogP contribution in [0.4, 0.5) is 13.2 Å². The molecule has 236 valence electrons. The first-order valence-electron chi connectivity index (χ1n) is 15.4. The van der Waals surface area contributed by atoms with Crippen molar-refractivity contribution in [3.63, 3.8) is 0 Å². The molecule has 0 atom stereocenters. The van der Waals surface area contributed by atoms with Crippen LogP contribution in [0.15, 0.2) is 43.1 Å².